The van der Waals surface area contributed by atoms with Gasteiger partial charge < -0.3 is 33.8 Å². The zero-order valence-electron chi connectivity index (χ0n) is 16.5. The summed E-state index contributed by atoms with van der Waals surface area (Å²) in [5.74, 6) is 3.18. The topological polar surface area (TPSA) is 79.8 Å². The van der Waals surface area contributed by atoms with Crippen LogP contribution in [0, 0.1) is 5.92 Å². The molecule has 0 aliphatic carbocycles. The first-order valence-electron chi connectivity index (χ1n) is 9.82. The van der Waals surface area contributed by atoms with E-state index in [1.165, 1.54) is 0 Å². The van der Waals surface area contributed by atoms with Gasteiger partial charge in [0.05, 0.1) is 19.9 Å². The van der Waals surface area contributed by atoms with Gasteiger partial charge in [-0.15, -0.1) is 0 Å². The first-order chi connectivity index (χ1) is 13.8. The minimum atomic E-state index is -0.0288. The van der Waals surface area contributed by atoms with Gasteiger partial charge in [-0.3, -0.25) is 0 Å². The monoisotopic (exact) mass is 392 g/mol. The Hall–Kier alpha value is -2.19. The Labute approximate surface area is 165 Å². The predicted octanol–water partition coefficient (Wildman–Crippen LogP) is 2.14. The minimum absolute atomic E-state index is 0.0288. The average molecular weight is 392 g/mol. The van der Waals surface area contributed by atoms with Crippen LogP contribution in [0.1, 0.15) is 24.8 Å². The molecule has 28 heavy (non-hydrogen) atoms. The third kappa shape index (κ3) is 4.12. The van der Waals surface area contributed by atoms with Gasteiger partial charge in [-0.05, 0) is 31.4 Å². The molecule has 1 fully saturated rings. The van der Waals surface area contributed by atoms with Crippen molar-refractivity contribution >= 4 is 5.71 Å². The molecule has 1 aromatic rings. The summed E-state index contributed by atoms with van der Waals surface area (Å²) in [6, 6.07) is 1.93. The van der Waals surface area contributed by atoms with E-state index in [-0.39, 0.29) is 12.9 Å². The minimum Gasteiger partial charge on any atom is -0.493 e. The van der Waals surface area contributed by atoms with Crippen LogP contribution in [0.4, 0.5) is 0 Å². The summed E-state index contributed by atoms with van der Waals surface area (Å²) in [5, 5.41) is 7.78. The maximum atomic E-state index is 5.66. The molecule has 0 radical (unpaired) electrons. The predicted molar refractivity (Wildman–Crippen MR) is 103 cm³/mol. The van der Waals surface area contributed by atoms with Gasteiger partial charge in [0.15, 0.2) is 11.5 Å². The van der Waals surface area contributed by atoms with E-state index in [0.29, 0.717) is 35.3 Å². The number of benzene rings is 1. The van der Waals surface area contributed by atoms with Crippen molar-refractivity contribution in [2.75, 3.05) is 47.3 Å². The van der Waals surface area contributed by atoms with E-state index in [0.717, 1.165) is 56.8 Å². The molecule has 0 aromatic heterocycles. The van der Waals surface area contributed by atoms with Crippen LogP contribution in [0.3, 0.4) is 0 Å². The molecular weight excluding hydrogens is 364 g/mol. The molecule has 1 N–H and O–H groups in total. The van der Waals surface area contributed by atoms with Crippen molar-refractivity contribution in [3.8, 4) is 23.0 Å². The molecule has 1 aromatic carbocycles. The van der Waals surface area contributed by atoms with Crippen molar-refractivity contribution < 1.29 is 28.5 Å². The van der Waals surface area contributed by atoms with E-state index in [1.807, 2.05) is 6.07 Å². The van der Waals surface area contributed by atoms with E-state index in [9.17, 15) is 0 Å². The quantitative estimate of drug-likeness (QED) is 0.726. The molecular formula is C20H28N2O6. The number of nitrogens with zero attached hydrogens (tertiary/aromatic N) is 1. The lowest BCUT2D eigenvalue weighted by atomic mass is 10.00. The lowest BCUT2D eigenvalue weighted by molar-refractivity contribution is 0.0667. The summed E-state index contributed by atoms with van der Waals surface area (Å²) in [6.45, 7) is 3.67. The highest BCUT2D eigenvalue weighted by Crippen LogP contribution is 2.49. The van der Waals surface area contributed by atoms with Crippen molar-refractivity contribution in [3.05, 3.63) is 11.6 Å². The summed E-state index contributed by atoms with van der Waals surface area (Å²) in [7, 11) is 3.25. The van der Waals surface area contributed by atoms with E-state index in [4.69, 9.17) is 28.5 Å². The number of oxime groups is 1. The van der Waals surface area contributed by atoms with Crippen molar-refractivity contribution in [2.45, 2.75) is 31.8 Å². The Balaban J connectivity index is 1.32. The highest BCUT2D eigenvalue weighted by atomic mass is 16.7. The third-order valence-electron chi connectivity index (χ3n) is 5.41. The summed E-state index contributed by atoms with van der Waals surface area (Å²) >= 11 is 0. The highest BCUT2D eigenvalue weighted by molar-refractivity contribution is 5.87. The average Bonchev–Trinajstić information content (AvgIpc) is 3.38. The van der Waals surface area contributed by atoms with E-state index in [2.05, 4.69) is 10.5 Å². The fourth-order valence-corrected chi connectivity index (χ4v) is 3.91. The Morgan fingerprint density at radius 1 is 1.14 bits per heavy atom. The molecule has 8 heteroatoms. The molecule has 1 saturated heterocycles. The number of ether oxygens (including phenoxy) is 5. The number of methoxy groups -OCH3 is 2. The van der Waals surface area contributed by atoms with Gasteiger partial charge in [-0.25, -0.2) is 0 Å². The lowest BCUT2D eigenvalue weighted by Crippen LogP contribution is -2.31. The second kappa shape index (κ2) is 8.87. The van der Waals surface area contributed by atoms with Crippen LogP contribution in [0.25, 0.3) is 0 Å². The first kappa shape index (κ1) is 19.1. The molecule has 8 nitrogen and oxygen atoms in total. The van der Waals surface area contributed by atoms with Crippen molar-refractivity contribution in [1.29, 1.82) is 0 Å². The maximum absolute atomic E-state index is 5.66. The van der Waals surface area contributed by atoms with Gasteiger partial charge in [0.2, 0.25) is 18.3 Å². The number of rotatable bonds is 8. The molecule has 3 aliphatic rings. The zero-order chi connectivity index (χ0) is 19.3. The van der Waals surface area contributed by atoms with Crippen molar-refractivity contribution in [2.24, 2.45) is 11.1 Å². The van der Waals surface area contributed by atoms with E-state index in [1.54, 1.807) is 14.2 Å². The summed E-state index contributed by atoms with van der Waals surface area (Å²) < 4.78 is 27.5. The summed E-state index contributed by atoms with van der Waals surface area (Å²) in [5.41, 5.74) is 2.00. The number of fused-ring (bicyclic) bond motifs is 1. The smallest absolute Gasteiger partial charge is 0.231 e. The molecule has 3 heterocycles. The van der Waals surface area contributed by atoms with Crippen LogP contribution in [0.15, 0.2) is 11.2 Å². The molecule has 0 saturated carbocycles. The zero-order valence-corrected chi connectivity index (χ0v) is 16.5. The normalized spacial score (nSPS) is 21.4. The Morgan fingerprint density at radius 3 is 2.75 bits per heavy atom. The molecule has 0 amide bonds. The number of hydrogen-bond donors (Lipinski definition) is 1. The summed E-state index contributed by atoms with van der Waals surface area (Å²) in [6.07, 6.45) is 3.68. The van der Waals surface area contributed by atoms with Crippen LogP contribution in [-0.2, 0) is 16.0 Å². The lowest BCUT2D eigenvalue weighted by Gasteiger charge is -2.22. The van der Waals surface area contributed by atoms with Crippen LogP contribution >= 0.6 is 0 Å². The van der Waals surface area contributed by atoms with E-state index >= 15 is 0 Å². The first-order valence-corrected chi connectivity index (χ1v) is 9.82. The van der Waals surface area contributed by atoms with Gasteiger partial charge in [-0.2, -0.15) is 0 Å². The fourth-order valence-electron chi connectivity index (χ4n) is 3.91. The Kier molecular flexibility index (Phi) is 6.07. The number of hydrogen-bond acceptors (Lipinski definition) is 8. The van der Waals surface area contributed by atoms with Crippen LogP contribution in [0.2, 0.25) is 0 Å². The molecule has 1 atom stereocenters. The Bertz CT molecular complexity index is 717. The summed E-state index contributed by atoms with van der Waals surface area (Å²) in [4.78, 5) is 5.66. The maximum Gasteiger partial charge on any atom is 0.231 e. The third-order valence-corrected chi connectivity index (χ3v) is 5.41. The van der Waals surface area contributed by atoms with Crippen LogP contribution in [0.5, 0.6) is 23.0 Å². The van der Waals surface area contributed by atoms with Gasteiger partial charge in [0.1, 0.15) is 6.10 Å². The fraction of sp³-hybridized carbons (Fsp3) is 0.650. The second-order valence-corrected chi connectivity index (χ2v) is 7.32. The van der Waals surface area contributed by atoms with Crippen molar-refractivity contribution in [3.63, 3.8) is 0 Å². The second-order valence-electron chi connectivity index (χ2n) is 7.32. The molecule has 4 rings (SSSR count). The van der Waals surface area contributed by atoms with Crippen LogP contribution in [-0.4, -0.2) is 59.1 Å². The highest BCUT2D eigenvalue weighted by Gasteiger charge is 2.30. The molecule has 0 spiro atoms. The van der Waals surface area contributed by atoms with Gasteiger partial charge in [0.25, 0.3) is 0 Å². The van der Waals surface area contributed by atoms with E-state index < -0.39 is 0 Å². The molecule has 0 unspecified atom stereocenters. The van der Waals surface area contributed by atoms with Crippen LogP contribution < -0.4 is 24.3 Å². The largest absolute Gasteiger partial charge is 0.493 e. The molecule has 0 bridgehead atoms. The Morgan fingerprint density at radius 2 is 1.96 bits per heavy atom. The molecule has 3 aliphatic heterocycles. The SMILES string of the molecule is COc1cc(C[C@H]2CC(CNCC3CCOCC3)=NO2)c(OC)c2c1OCO2. The van der Waals surface area contributed by atoms with Gasteiger partial charge in [0, 0.05) is 38.2 Å². The van der Waals surface area contributed by atoms with Crippen molar-refractivity contribution in [1.82, 2.24) is 5.32 Å². The number of nitrogens with one attached hydrogen (secondary N) is 1. The van der Waals surface area contributed by atoms with Gasteiger partial charge >= 0.3 is 0 Å². The van der Waals surface area contributed by atoms with Gasteiger partial charge in [-0.1, -0.05) is 5.16 Å². The standard InChI is InChI=1S/C20H28N2O6/c1-23-17-8-14(18(24-2)20-19(17)26-12-27-20)7-16-9-15(22-28-16)11-21-10-13-3-5-25-6-4-13/h8,13,16,21H,3-7,9-12H2,1-2H3/t16-/m0/s1. The molecule has 154 valence electrons.